The van der Waals surface area contributed by atoms with Gasteiger partial charge in [0.2, 0.25) is 6.29 Å². The Hall–Kier alpha value is -1.39. The molecule has 19 atom stereocenters. The minimum atomic E-state index is -1.93. The van der Waals surface area contributed by atoms with Gasteiger partial charge in [0.15, 0.2) is 31.4 Å². The molecule has 5 aliphatic rings. The number of hydrogen-bond acceptors (Lipinski definition) is 16. The van der Waals surface area contributed by atoms with E-state index in [2.05, 4.69) is 20.4 Å². The molecule has 11 N–H and O–H groups in total. The van der Waals surface area contributed by atoms with E-state index in [9.17, 15) is 50.8 Å². The average Bonchev–Trinajstić information content (AvgIpc) is 3.15. The maximum Gasteiger partial charge on any atom is 0.314 e. The number of ether oxygens (including phenoxy) is 6. The lowest BCUT2D eigenvalue weighted by atomic mass is 9.53. The second kappa shape index (κ2) is 18.7. The zero-order valence-electron chi connectivity index (χ0n) is 32.1. The van der Waals surface area contributed by atoms with Crippen LogP contribution in [0.3, 0.4) is 0 Å². The Labute approximate surface area is 321 Å². The Balaban J connectivity index is 1.47. The van der Waals surface area contributed by atoms with Gasteiger partial charge in [-0.2, -0.15) is 0 Å². The predicted molar refractivity (Wildman–Crippen MR) is 191 cm³/mol. The number of allylic oxidation sites excluding steroid dienone is 1. The van der Waals surface area contributed by atoms with Crippen LogP contribution < -0.4 is 0 Å². The summed E-state index contributed by atoms with van der Waals surface area (Å²) in [6.45, 7) is 8.26. The largest absolute Gasteiger partial charge is 0.443 e. The second-order valence-electron chi connectivity index (χ2n) is 16.9. The molecule has 3 saturated heterocycles. The van der Waals surface area contributed by atoms with Gasteiger partial charge in [-0.1, -0.05) is 44.8 Å². The number of rotatable bonds is 10. The van der Waals surface area contributed by atoms with Crippen LogP contribution in [0.2, 0.25) is 0 Å². The first-order valence-electron chi connectivity index (χ1n) is 19.8. The van der Waals surface area contributed by atoms with E-state index in [-0.39, 0.29) is 11.3 Å². The van der Waals surface area contributed by atoms with Crippen molar-refractivity contribution in [2.45, 2.75) is 177 Å². The second-order valence-corrected chi connectivity index (χ2v) is 16.9. The monoisotopic (exact) mass is 793 g/mol. The van der Waals surface area contributed by atoms with Crippen LogP contribution in [0.1, 0.15) is 85.0 Å². The van der Waals surface area contributed by atoms with Gasteiger partial charge < -0.3 is 79.5 Å². The molecule has 3 heterocycles. The highest BCUT2D eigenvalue weighted by molar-refractivity contribution is 5.77. The lowest BCUT2D eigenvalue weighted by Crippen LogP contribution is -2.67. The van der Waals surface area contributed by atoms with Gasteiger partial charge in [-0.25, -0.2) is 0 Å². The predicted octanol–water partition coefficient (Wildman–Crippen LogP) is -1.54. The highest BCUT2D eigenvalue weighted by Gasteiger charge is 2.58. The molecule has 0 amide bonds. The van der Waals surface area contributed by atoms with Gasteiger partial charge >= 0.3 is 5.97 Å². The molecule has 2 aliphatic carbocycles. The molecule has 0 radical (unpaired) electrons. The molecule has 318 valence electrons. The molecule has 3 aliphatic heterocycles. The Kier molecular flexibility index (Phi) is 15.2. The molecule has 0 bridgehead atoms. The first-order chi connectivity index (χ1) is 26.0. The van der Waals surface area contributed by atoms with E-state index in [0.717, 1.165) is 57.8 Å². The highest BCUT2D eigenvalue weighted by atomic mass is 16.8. The number of esters is 1. The maximum absolute atomic E-state index is 14.7. The summed E-state index contributed by atoms with van der Waals surface area (Å²) in [6, 6.07) is 0. The summed E-state index contributed by atoms with van der Waals surface area (Å²) in [6.07, 6.45) is -17.1. The molecule has 5 rings (SSSR count). The van der Waals surface area contributed by atoms with Crippen molar-refractivity contribution < 1.29 is 84.3 Å². The molecule has 2 saturated carbocycles. The van der Waals surface area contributed by atoms with Crippen LogP contribution in [0, 0.1) is 22.7 Å². The lowest BCUT2D eigenvalue weighted by Gasteiger charge is -2.53. The van der Waals surface area contributed by atoms with Gasteiger partial charge in [-0.15, -0.1) is 0 Å². The Morgan fingerprint density at radius 2 is 1.18 bits per heavy atom. The minimum Gasteiger partial charge on any atom is -0.443 e. The van der Waals surface area contributed by atoms with Crippen LogP contribution in [-0.2, 0) is 33.2 Å². The molecule has 0 aromatic carbocycles. The first-order valence-corrected chi connectivity index (χ1v) is 19.8. The van der Waals surface area contributed by atoms with Gasteiger partial charge in [0.05, 0.1) is 18.6 Å². The van der Waals surface area contributed by atoms with Crippen LogP contribution in [0.5, 0.6) is 0 Å². The van der Waals surface area contributed by atoms with Crippen molar-refractivity contribution in [1.29, 1.82) is 0 Å². The molecule has 0 aromatic heterocycles. The Morgan fingerprint density at radius 3 is 1.78 bits per heavy atom. The number of carbonyl (C=O) groups is 1. The fraction of sp³-hybridized carbons (Fsp3) is 0.921. The van der Waals surface area contributed by atoms with Crippen molar-refractivity contribution in [2.24, 2.45) is 22.7 Å². The van der Waals surface area contributed by atoms with E-state index in [1.807, 2.05) is 6.92 Å². The van der Waals surface area contributed by atoms with Crippen molar-refractivity contribution in [3.63, 3.8) is 0 Å². The summed E-state index contributed by atoms with van der Waals surface area (Å²) >= 11 is 0. The van der Waals surface area contributed by atoms with Crippen LogP contribution in [0.25, 0.3) is 0 Å². The zero-order valence-corrected chi connectivity index (χ0v) is 32.1. The molecule has 17 heteroatoms. The van der Waals surface area contributed by atoms with Crippen LogP contribution in [0.4, 0.5) is 0 Å². The summed E-state index contributed by atoms with van der Waals surface area (Å²) in [5, 5.41) is 103. The minimum absolute atomic E-state index is 0.0797. The summed E-state index contributed by atoms with van der Waals surface area (Å²) in [5.41, 5.74) is -0.00698. The van der Waals surface area contributed by atoms with Gasteiger partial charge in [-0.3, -0.25) is 4.79 Å². The third-order valence-corrected chi connectivity index (χ3v) is 13.1. The number of aliphatic hydroxyl groups excluding tert-OH is 9. The number of fused-ring (bicyclic) bond motifs is 1. The first kappa shape index (κ1) is 44.7. The molecule has 5 fully saturated rings. The quantitative estimate of drug-likeness (QED) is 0.0689. The van der Waals surface area contributed by atoms with Crippen molar-refractivity contribution >= 4 is 5.97 Å². The fourth-order valence-electron chi connectivity index (χ4n) is 9.68. The van der Waals surface area contributed by atoms with Crippen LogP contribution in [-0.4, -0.2) is 169 Å². The van der Waals surface area contributed by atoms with Crippen LogP contribution in [0.15, 0.2) is 12.2 Å². The molecular formula is C38H65O17+. The molecular weight excluding hydrogens is 728 g/mol. The Bertz CT molecular complexity index is 1270. The van der Waals surface area contributed by atoms with Gasteiger partial charge in [0.1, 0.15) is 61.0 Å². The highest BCUT2D eigenvalue weighted by Crippen LogP contribution is 2.57. The Morgan fingerprint density at radius 1 is 0.673 bits per heavy atom. The molecule has 0 unspecified atom stereocenters. The lowest BCUT2D eigenvalue weighted by molar-refractivity contribution is -0.388. The smallest absolute Gasteiger partial charge is 0.314 e. The normalized spacial score (nSPS) is 48.7. The van der Waals surface area contributed by atoms with Gasteiger partial charge in [0, 0.05) is 0 Å². The van der Waals surface area contributed by atoms with Crippen molar-refractivity contribution in [2.75, 3.05) is 19.8 Å². The van der Waals surface area contributed by atoms with Gasteiger partial charge in [0.25, 0.3) is 0 Å². The summed E-state index contributed by atoms with van der Waals surface area (Å²) < 4.78 is 35.4. The zero-order chi connectivity index (χ0) is 40.4. The molecule has 55 heavy (non-hydrogen) atoms. The summed E-state index contributed by atoms with van der Waals surface area (Å²) in [5.74, 6) is -0.257. The SMILES string of the molecule is C=C(C)[C@H]1CCCC[C@H]2[C@](C)(CCC1)CCC[C@@]2(C)C(=O)O[C@@H]1O[C@H](CO)[C@@H](O)[C@H](O[C@@H]2O[C@H](CO)[C@@H](O)[C@H](O)[C@H]2O)[C@H]1O[C@@H]1O[C@H](C[OH2+])[C@@H](O)[C@H](O)[C@H]1O. The topological polar surface area (TPSA) is 277 Å². The number of aliphatic hydroxyl groups is 9. The van der Waals surface area contributed by atoms with Crippen molar-refractivity contribution in [3.05, 3.63) is 12.2 Å². The third-order valence-electron chi connectivity index (χ3n) is 13.1. The summed E-state index contributed by atoms with van der Waals surface area (Å²) in [7, 11) is 0. The molecule has 17 nitrogen and oxygen atoms in total. The standard InChI is InChI=1S/C38H64O17/c1-18(2)19-9-5-6-11-23-37(3,12-7-10-19)13-8-14-38(23,4)36(49)55-35-32(54-34-30(48)28(46)25(43)21(16-40)51-34)31(26(44)22(17-41)52-35)53-33-29(47)27(45)24(42)20(15-39)50-33/h19-35,39-48H,1,5-17H2,2-4H3/p+1/t19-,20+,21+,22+,23-,24+,25+,26+,27-,28-,29+,30+,31-,32+,33-,34-,35-,37+,38+/m0/s1. The molecule has 0 spiro atoms. The van der Waals surface area contributed by atoms with Crippen molar-refractivity contribution in [3.8, 4) is 0 Å². The summed E-state index contributed by atoms with van der Waals surface area (Å²) in [4.78, 5) is 14.7. The van der Waals surface area contributed by atoms with Crippen LogP contribution >= 0.6 is 0 Å². The van der Waals surface area contributed by atoms with E-state index in [0.29, 0.717) is 12.3 Å². The maximum atomic E-state index is 14.7. The van der Waals surface area contributed by atoms with E-state index < -0.39 is 123 Å². The van der Waals surface area contributed by atoms with Crippen molar-refractivity contribution in [1.82, 2.24) is 0 Å². The third kappa shape index (κ3) is 9.26. The fourth-order valence-corrected chi connectivity index (χ4v) is 9.68. The molecule has 0 aromatic rings. The van der Waals surface area contributed by atoms with E-state index in [4.69, 9.17) is 33.5 Å². The van der Waals surface area contributed by atoms with E-state index in [1.165, 1.54) is 5.57 Å². The van der Waals surface area contributed by atoms with E-state index >= 15 is 0 Å². The van der Waals surface area contributed by atoms with Gasteiger partial charge in [-0.05, 0) is 69.6 Å². The number of carbonyl (C=O) groups excluding carboxylic acids is 1. The number of hydrogen-bond donors (Lipinski definition) is 9. The van der Waals surface area contributed by atoms with E-state index in [1.54, 1.807) is 0 Å². The average molecular weight is 794 g/mol.